The zero-order valence-electron chi connectivity index (χ0n) is 9.80. The van der Waals surface area contributed by atoms with Gasteiger partial charge in [-0.3, -0.25) is 14.2 Å². The van der Waals surface area contributed by atoms with Crippen molar-refractivity contribution >= 4 is 16.8 Å². The fourth-order valence-electron chi connectivity index (χ4n) is 1.64. The molecular formula is C12H14N4O2. The third-order valence-electron chi connectivity index (χ3n) is 2.51. The van der Waals surface area contributed by atoms with E-state index < -0.39 is 0 Å². The highest BCUT2D eigenvalue weighted by molar-refractivity contribution is 5.78. The first-order valence-corrected chi connectivity index (χ1v) is 5.63. The summed E-state index contributed by atoms with van der Waals surface area (Å²) in [5, 5.41) is 3.11. The summed E-state index contributed by atoms with van der Waals surface area (Å²) >= 11 is 0. The van der Waals surface area contributed by atoms with Crippen molar-refractivity contribution < 1.29 is 4.79 Å². The average molecular weight is 246 g/mol. The Morgan fingerprint density at radius 3 is 2.94 bits per heavy atom. The molecule has 0 saturated heterocycles. The van der Waals surface area contributed by atoms with Crippen molar-refractivity contribution in [3.8, 4) is 0 Å². The van der Waals surface area contributed by atoms with Gasteiger partial charge in [0.1, 0.15) is 6.54 Å². The van der Waals surface area contributed by atoms with Crippen LogP contribution in [0.5, 0.6) is 0 Å². The Hall–Kier alpha value is -2.21. The van der Waals surface area contributed by atoms with Crippen LogP contribution in [0.2, 0.25) is 0 Å². The molecule has 6 heteroatoms. The Balaban J connectivity index is 2.27. The van der Waals surface area contributed by atoms with Gasteiger partial charge in [-0.25, -0.2) is 4.98 Å². The number of aromatic nitrogens is 2. The standard InChI is InChI=1S/C12H14N4O2/c13-5-6-14-11(17)7-16-8-15-10-4-2-1-3-9(10)12(16)18/h1-4,8H,5-7,13H2,(H,14,17). The molecule has 6 nitrogen and oxygen atoms in total. The molecule has 2 rings (SSSR count). The number of carbonyl (C=O) groups excluding carboxylic acids is 1. The molecule has 0 saturated carbocycles. The van der Waals surface area contributed by atoms with Crippen molar-refractivity contribution in [1.82, 2.24) is 14.9 Å². The van der Waals surface area contributed by atoms with Gasteiger partial charge in [0.25, 0.3) is 5.56 Å². The molecule has 1 aromatic carbocycles. The summed E-state index contributed by atoms with van der Waals surface area (Å²) < 4.78 is 1.29. The van der Waals surface area contributed by atoms with Crippen LogP contribution in [0.25, 0.3) is 10.9 Å². The molecule has 0 atom stereocenters. The number of rotatable bonds is 4. The number of fused-ring (bicyclic) bond motifs is 1. The Bertz CT molecular complexity index is 621. The molecule has 1 heterocycles. The first kappa shape index (κ1) is 12.3. The van der Waals surface area contributed by atoms with Crippen LogP contribution in [0.15, 0.2) is 35.4 Å². The predicted molar refractivity (Wildman–Crippen MR) is 68.1 cm³/mol. The van der Waals surface area contributed by atoms with E-state index in [9.17, 15) is 9.59 Å². The van der Waals surface area contributed by atoms with Gasteiger partial charge in [0.05, 0.1) is 17.2 Å². The summed E-state index contributed by atoms with van der Waals surface area (Å²) in [4.78, 5) is 27.7. The fraction of sp³-hybridized carbons (Fsp3) is 0.250. The maximum atomic E-state index is 12.1. The zero-order valence-corrected chi connectivity index (χ0v) is 9.80. The van der Waals surface area contributed by atoms with Gasteiger partial charge in [0.2, 0.25) is 5.91 Å². The Labute approximate surface area is 103 Å². The largest absolute Gasteiger partial charge is 0.353 e. The van der Waals surface area contributed by atoms with E-state index in [-0.39, 0.29) is 18.0 Å². The molecule has 0 spiro atoms. The number of hydrogen-bond donors (Lipinski definition) is 2. The van der Waals surface area contributed by atoms with E-state index in [2.05, 4.69) is 10.3 Å². The number of nitrogens with one attached hydrogen (secondary N) is 1. The SMILES string of the molecule is NCCNC(=O)Cn1cnc2ccccc2c1=O. The highest BCUT2D eigenvalue weighted by Gasteiger charge is 2.06. The second-order valence-electron chi connectivity index (χ2n) is 3.83. The maximum Gasteiger partial charge on any atom is 0.261 e. The number of para-hydroxylation sites is 1. The highest BCUT2D eigenvalue weighted by Crippen LogP contribution is 2.04. The molecular weight excluding hydrogens is 232 g/mol. The molecule has 0 radical (unpaired) electrons. The summed E-state index contributed by atoms with van der Waals surface area (Å²) in [6.07, 6.45) is 1.38. The molecule has 0 aliphatic heterocycles. The van der Waals surface area contributed by atoms with Gasteiger partial charge >= 0.3 is 0 Å². The second kappa shape index (κ2) is 5.42. The number of hydrogen-bond acceptors (Lipinski definition) is 4. The second-order valence-corrected chi connectivity index (χ2v) is 3.83. The zero-order chi connectivity index (χ0) is 13.0. The van der Waals surface area contributed by atoms with Crippen LogP contribution in [0.4, 0.5) is 0 Å². The molecule has 3 N–H and O–H groups in total. The average Bonchev–Trinajstić information content (AvgIpc) is 2.40. The van der Waals surface area contributed by atoms with Crippen molar-refractivity contribution in [2.75, 3.05) is 13.1 Å². The van der Waals surface area contributed by atoms with Crippen molar-refractivity contribution in [3.63, 3.8) is 0 Å². The number of carbonyl (C=O) groups is 1. The van der Waals surface area contributed by atoms with Crippen LogP contribution in [0, 0.1) is 0 Å². The minimum absolute atomic E-state index is 0.0450. The van der Waals surface area contributed by atoms with Crippen LogP contribution in [0.1, 0.15) is 0 Å². The van der Waals surface area contributed by atoms with Crippen molar-refractivity contribution in [2.45, 2.75) is 6.54 Å². The molecule has 0 unspecified atom stereocenters. The first-order chi connectivity index (χ1) is 8.72. The van der Waals surface area contributed by atoms with Crippen LogP contribution >= 0.6 is 0 Å². The number of nitrogens with zero attached hydrogens (tertiary/aromatic N) is 2. The number of nitrogens with two attached hydrogens (primary N) is 1. The smallest absolute Gasteiger partial charge is 0.261 e. The molecule has 94 valence electrons. The monoisotopic (exact) mass is 246 g/mol. The molecule has 1 amide bonds. The molecule has 0 fully saturated rings. The normalized spacial score (nSPS) is 10.5. The lowest BCUT2D eigenvalue weighted by Gasteiger charge is -2.06. The van der Waals surface area contributed by atoms with E-state index in [0.29, 0.717) is 24.0 Å². The van der Waals surface area contributed by atoms with Crippen molar-refractivity contribution in [2.24, 2.45) is 5.73 Å². The Kier molecular flexibility index (Phi) is 3.69. The van der Waals surface area contributed by atoms with Gasteiger partial charge in [-0.05, 0) is 12.1 Å². The first-order valence-electron chi connectivity index (χ1n) is 5.63. The topological polar surface area (TPSA) is 90.0 Å². The summed E-state index contributed by atoms with van der Waals surface area (Å²) in [7, 11) is 0. The third kappa shape index (κ3) is 2.54. The minimum atomic E-state index is -0.250. The summed E-state index contributed by atoms with van der Waals surface area (Å²) in [6, 6.07) is 7.03. The third-order valence-corrected chi connectivity index (χ3v) is 2.51. The van der Waals surface area contributed by atoms with Gasteiger partial charge < -0.3 is 11.1 Å². The van der Waals surface area contributed by atoms with Gasteiger partial charge in [-0.1, -0.05) is 12.1 Å². The van der Waals surface area contributed by atoms with E-state index in [1.807, 2.05) is 6.07 Å². The van der Waals surface area contributed by atoms with Crippen LogP contribution in [-0.2, 0) is 11.3 Å². The quantitative estimate of drug-likeness (QED) is 0.759. The van der Waals surface area contributed by atoms with Gasteiger partial charge in [-0.2, -0.15) is 0 Å². The van der Waals surface area contributed by atoms with Crippen molar-refractivity contribution in [1.29, 1.82) is 0 Å². The minimum Gasteiger partial charge on any atom is -0.353 e. The lowest BCUT2D eigenvalue weighted by molar-refractivity contribution is -0.121. The van der Waals surface area contributed by atoms with Gasteiger partial charge in [0.15, 0.2) is 0 Å². The Morgan fingerprint density at radius 2 is 2.17 bits per heavy atom. The fourth-order valence-corrected chi connectivity index (χ4v) is 1.64. The molecule has 0 aliphatic carbocycles. The van der Waals surface area contributed by atoms with Crippen LogP contribution in [-0.4, -0.2) is 28.5 Å². The molecule has 1 aromatic heterocycles. The maximum absolute atomic E-state index is 12.1. The van der Waals surface area contributed by atoms with Crippen LogP contribution in [0.3, 0.4) is 0 Å². The highest BCUT2D eigenvalue weighted by atomic mass is 16.2. The van der Waals surface area contributed by atoms with Crippen LogP contribution < -0.4 is 16.6 Å². The summed E-state index contributed by atoms with van der Waals surface area (Å²) in [5.74, 6) is -0.250. The van der Waals surface area contributed by atoms with E-state index in [1.165, 1.54) is 10.9 Å². The molecule has 2 aromatic rings. The summed E-state index contributed by atoms with van der Waals surface area (Å²) in [6.45, 7) is 0.724. The molecule has 0 bridgehead atoms. The van der Waals surface area contributed by atoms with E-state index in [4.69, 9.17) is 5.73 Å². The lowest BCUT2D eigenvalue weighted by Crippen LogP contribution is -2.35. The van der Waals surface area contributed by atoms with Crippen molar-refractivity contribution in [3.05, 3.63) is 40.9 Å². The van der Waals surface area contributed by atoms with Gasteiger partial charge in [0, 0.05) is 13.1 Å². The lowest BCUT2D eigenvalue weighted by atomic mass is 10.2. The van der Waals surface area contributed by atoms with E-state index in [0.717, 1.165) is 0 Å². The van der Waals surface area contributed by atoms with E-state index in [1.54, 1.807) is 18.2 Å². The number of benzene rings is 1. The Morgan fingerprint density at radius 1 is 1.39 bits per heavy atom. The molecule has 0 aliphatic rings. The summed E-state index contributed by atoms with van der Waals surface area (Å²) in [5.41, 5.74) is 5.69. The predicted octanol–water partition coefficient (Wildman–Crippen LogP) is -0.529. The number of amides is 1. The van der Waals surface area contributed by atoms with E-state index >= 15 is 0 Å². The molecule has 18 heavy (non-hydrogen) atoms. The van der Waals surface area contributed by atoms with Gasteiger partial charge in [-0.15, -0.1) is 0 Å².